The monoisotopic (exact) mass is 418 g/mol. The van der Waals surface area contributed by atoms with Crippen molar-refractivity contribution in [2.75, 3.05) is 46.1 Å². The lowest BCUT2D eigenvalue weighted by Crippen LogP contribution is -2.45. The van der Waals surface area contributed by atoms with Crippen LogP contribution in [0.15, 0.2) is 60.7 Å². The third-order valence-corrected chi connectivity index (χ3v) is 4.88. The van der Waals surface area contributed by atoms with E-state index in [0.29, 0.717) is 33.0 Å². The molecule has 0 bridgehead atoms. The highest BCUT2D eigenvalue weighted by Crippen LogP contribution is 2.27. The van der Waals surface area contributed by atoms with Gasteiger partial charge in [0.25, 0.3) is 0 Å². The largest absolute Gasteiger partial charge is 0.378 e. The van der Waals surface area contributed by atoms with Crippen LogP contribution in [0.4, 0.5) is 4.39 Å². The minimum Gasteiger partial charge on any atom is -0.378 e. The minimum atomic E-state index is -1.80. The van der Waals surface area contributed by atoms with Gasteiger partial charge in [0.2, 0.25) is 5.85 Å². The predicted molar refractivity (Wildman–Crippen MR) is 118 cm³/mol. The van der Waals surface area contributed by atoms with E-state index in [-0.39, 0.29) is 25.1 Å². The lowest BCUT2D eigenvalue weighted by Gasteiger charge is -2.32. The van der Waals surface area contributed by atoms with Gasteiger partial charge in [-0.15, -0.1) is 0 Å². The van der Waals surface area contributed by atoms with Crippen LogP contribution in [0.2, 0.25) is 0 Å². The molecule has 3 N–H and O–H groups in total. The van der Waals surface area contributed by atoms with E-state index in [1.54, 1.807) is 0 Å². The molecular formula is C24H35FN2O3. The van der Waals surface area contributed by atoms with E-state index in [0.717, 1.165) is 11.1 Å². The number of rotatable bonds is 15. The van der Waals surface area contributed by atoms with Crippen molar-refractivity contribution >= 4 is 0 Å². The summed E-state index contributed by atoms with van der Waals surface area (Å²) in [7, 11) is 0. The van der Waals surface area contributed by atoms with Crippen LogP contribution in [-0.2, 0) is 14.2 Å². The number of hydrogen-bond acceptors (Lipinski definition) is 5. The topological polar surface area (TPSA) is 65.7 Å². The van der Waals surface area contributed by atoms with Gasteiger partial charge >= 0.3 is 0 Å². The van der Waals surface area contributed by atoms with Gasteiger partial charge in [0.05, 0.1) is 45.6 Å². The van der Waals surface area contributed by atoms with Crippen LogP contribution in [0.1, 0.15) is 31.0 Å². The average molecular weight is 419 g/mol. The van der Waals surface area contributed by atoms with Gasteiger partial charge < -0.3 is 25.3 Å². The zero-order valence-corrected chi connectivity index (χ0v) is 18.1. The van der Waals surface area contributed by atoms with Crippen molar-refractivity contribution in [3.63, 3.8) is 0 Å². The van der Waals surface area contributed by atoms with Crippen molar-refractivity contribution in [3.05, 3.63) is 71.8 Å². The summed E-state index contributed by atoms with van der Waals surface area (Å²) in [6.45, 7) is 6.11. The van der Waals surface area contributed by atoms with Crippen LogP contribution in [0.3, 0.4) is 0 Å². The molecule has 2 aromatic carbocycles. The van der Waals surface area contributed by atoms with Gasteiger partial charge in [0, 0.05) is 12.5 Å². The first kappa shape index (κ1) is 24.4. The third kappa shape index (κ3) is 8.13. The number of ether oxygens (including phenoxy) is 3. The highest BCUT2D eigenvalue weighted by Gasteiger charge is 2.35. The van der Waals surface area contributed by atoms with Gasteiger partial charge in [-0.3, -0.25) is 0 Å². The van der Waals surface area contributed by atoms with Gasteiger partial charge in [-0.25, -0.2) is 4.39 Å². The lowest BCUT2D eigenvalue weighted by molar-refractivity contribution is -0.180. The number of hydrogen-bond donors (Lipinski definition) is 2. The molecule has 0 saturated heterocycles. The summed E-state index contributed by atoms with van der Waals surface area (Å²) in [4.78, 5) is 0. The standard InChI is InChI=1S/C24H35FN2O3/c1-20(2)24(25,30-18-17-29-16-15-28-14-13-26)19-27-23(21-9-5-3-6-10-21)22-11-7-4-8-12-22/h3-12,20,23,27H,13-19,26H2,1-2H3. The molecule has 0 amide bonds. The summed E-state index contributed by atoms with van der Waals surface area (Å²) in [5.74, 6) is -2.12. The SMILES string of the molecule is CC(C)C(F)(CNC(c1ccccc1)c1ccccc1)OCCOCCOCCN. The maximum Gasteiger partial charge on any atom is 0.224 e. The minimum absolute atomic E-state index is 0.0682. The van der Waals surface area contributed by atoms with Crippen molar-refractivity contribution in [2.45, 2.75) is 25.7 Å². The van der Waals surface area contributed by atoms with Crippen LogP contribution in [0.25, 0.3) is 0 Å². The van der Waals surface area contributed by atoms with E-state index >= 15 is 4.39 Å². The summed E-state index contributed by atoms with van der Waals surface area (Å²) in [6.07, 6.45) is 0. The smallest absolute Gasteiger partial charge is 0.224 e. The zero-order chi connectivity index (χ0) is 21.7. The molecule has 2 aromatic rings. The van der Waals surface area contributed by atoms with Crippen molar-refractivity contribution in [1.82, 2.24) is 5.32 Å². The van der Waals surface area contributed by atoms with E-state index in [4.69, 9.17) is 19.9 Å². The van der Waals surface area contributed by atoms with Crippen molar-refractivity contribution in [2.24, 2.45) is 11.7 Å². The Morgan fingerprint density at radius 3 is 1.83 bits per heavy atom. The van der Waals surface area contributed by atoms with Crippen LogP contribution >= 0.6 is 0 Å². The zero-order valence-electron chi connectivity index (χ0n) is 18.1. The first-order valence-electron chi connectivity index (χ1n) is 10.6. The number of alkyl halides is 1. The maximum atomic E-state index is 15.6. The van der Waals surface area contributed by atoms with Crippen LogP contribution in [0.5, 0.6) is 0 Å². The number of nitrogens with one attached hydrogen (secondary N) is 1. The van der Waals surface area contributed by atoms with E-state index in [2.05, 4.69) is 5.32 Å². The molecule has 1 unspecified atom stereocenters. The van der Waals surface area contributed by atoms with Gasteiger partial charge in [-0.05, 0) is 11.1 Å². The van der Waals surface area contributed by atoms with Gasteiger partial charge in [-0.2, -0.15) is 0 Å². The third-order valence-electron chi connectivity index (χ3n) is 4.88. The fourth-order valence-electron chi connectivity index (χ4n) is 3.06. The summed E-state index contributed by atoms with van der Waals surface area (Å²) in [6, 6.07) is 20.0. The molecule has 0 aliphatic heterocycles. The Kier molecular flexibility index (Phi) is 11.0. The van der Waals surface area contributed by atoms with Crippen LogP contribution < -0.4 is 11.1 Å². The Morgan fingerprint density at radius 1 is 0.833 bits per heavy atom. The molecule has 2 rings (SSSR count). The fraction of sp³-hybridized carbons (Fsp3) is 0.500. The predicted octanol–water partition coefficient (Wildman–Crippen LogP) is 3.70. The second-order valence-electron chi connectivity index (χ2n) is 7.44. The second kappa shape index (κ2) is 13.5. The molecule has 0 heterocycles. The lowest BCUT2D eigenvalue weighted by atomic mass is 9.97. The molecule has 0 aliphatic rings. The van der Waals surface area contributed by atoms with Gasteiger partial charge in [-0.1, -0.05) is 74.5 Å². The highest BCUT2D eigenvalue weighted by atomic mass is 19.2. The van der Waals surface area contributed by atoms with Crippen molar-refractivity contribution < 1.29 is 18.6 Å². The Morgan fingerprint density at radius 2 is 1.33 bits per heavy atom. The fourth-order valence-corrected chi connectivity index (χ4v) is 3.06. The normalized spacial score (nSPS) is 13.7. The molecule has 0 aromatic heterocycles. The molecule has 5 nitrogen and oxygen atoms in total. The van der Waals surface area contributed by atoms with Crippen molar-refractivity contribution in [1.29, 1.82) is 0 Å². The summed E-state index contributed by atoms with van der Waals surface area (Å²) < 4.78 is 31.9. The molecule has 0 spiro atoms. The Bertz CT molecular complexity index is 648. The average Bonchev–Trinajstić information content (AvgIpc) is 2.77. The first-order chi connectivity index (χ1) is 14.6. The molecule has 6 heteroatoms. The number of halogens is 1. The molecule has 30 heavy (non-hydrogen) atoms. The van der Waals surface area contributed by atoms with E-state index < -0.39 is 5.85 Å². The Balaban J connectivity index is 1.91. The highest BCUT2D eigenvalue weighted by molar-refractivity contribution is 5.31. The Hall–Kier alpha value is -1.83. The molecule has 0 saturated carbocycles. The molecule has 0 radical (unpaired) electrons. The second-order valence-corrected chi connectivity index (χ2v) is 7.44. The van der Waals surface area contributed by atoms with Gasteiger partial charge in [0.15, 0.2) is 0 Å². The number of nitrogens with two attached hydrogens (primary N) is 1. The first-order valence-corrected chi connectivity index (χ1v) is 10.6. The van der Waals surface area contributed by atoms with E-state index in [1.165, 1.54) is 0 Å². The van der Waals surface area contributed by atoms with E-state index in [9.17, 15) is 0 Å². The van der Waals surface area contributed by atoms with Crippen molar-refractivity contribution in [3.8, 4) is 0 Å². The van der Waals surface area contributed by atoms with Gasteiger partial charge in [0.1, 0.15) is 0 Å². The Labute approximate surface area is 179 Å². The molecule has 166 valence electrons. The molecule has 0 fully saturated rings. The quantitative estimate of drug-likeness (QED) is 0.432. The van der Waals surface area contributed by atoms with E-state index in [1.807, 2.05) is 74.5 Å². The summed E-state index contributed by atoms with van der Waals surface area (Å²) >= 11 is 0. The molecule has 0 aliphatic carbocycles. The molecule has 1 atom stereocenters. The van der Waals surface area contributed by atoms with Crippen LogP contribution in [0, 0.1) is 5.92 Å². The summed E-state index contributed by atoms with van der Waals surface area (Å²) in [5.41, 5.74) is 7.52. The summed E-state index contributed by atoms with van der Waals surface area (Å²) in [5, 5.41) is 3.38. The van der Waals surface area contributed by atoms with Crippen LogP contribution in [-0.4, -0.2) is 52.0 Å². The maximum absolute atomic E-state index is 15.6. The molecular weight excluding hydrogens is 383 g/mol. The number of benzene rings is 2.